The van der Waals surface area contributed by atoms with Crippen molar-refractivity contribution >= 4 is 0 Å². The number of nitrogens with two attached hydrogens (primary N) is 1. The molecule has 0 atom stereocenters. The first-order valence-corrected chi connectivity index (χ1v) is 5.63. The van der Waals surface area contributed by atoms with Crippen LogP contribution >= 0.6 is 0 Å². The molecule has 0 aliphatic heterocycles. The fourth-order valence-corrected chi connectivity index (χ4v) is 2.02. The van der Waals surface area contributed by atoms with Gasteiger partial charge in [0, 0.05) is 11.6 Å². The summed E-state index contributed by atoms with van der Waals surface area (Å²) in [6, 6.07) is 10.3. The molecular formula is C13H14N2O. The largest absolute Gasteiger partial charge is 0.359 e. The fourth-order valence-electron chi connectivity index (χ4n) is 2.02. The molecule has 3 nitrogen and oxygen atoms in total. The van der Waals surface area contributed by atoms with Crippen LogP contribution in [0.25, 0.3) is 11.3 Å². The standard InChI is InChI=1S/C13H14N2O/c14-8-10-7-13(15-16-10)12-4-2-1-3-11(12)9-5-6-9/h1-4,7,9H,5-6,8,14H2. The molecule has 82 valence electrons. The predicted octanol–water partition coefficient (Wildman–Crippen LogP) is 2.68. The smallest absolute Gasteiger partial charge is 0.150 e. The lowest BCUT2D eigenvalue weighted by molar-refractivity contribution is 0.387. The Morgan fingerprint density at radius 1 is 1.31 bits per heavy atom. The molecule has 0 radical (unpaired) electrons. The van der Waals surface area contributed by atoms with Crippen molar-refractivity contribution in [1.82, 2.24) is 5.16 Å². The summed E-state index contributed by atoms with van der Waals surface area (Å²) in [7, 11) is 0. The molecule has 0 saturated heterocycles. The molecule has 1 aromatic heterocycles. The number of rotatable bonds is 3. The summed E-state index contributed by atoms with van der Waals surface area (Å²) >= 11 is 0. The number of aromatic nitrogens is 1. The van der Waals surface area contributed by atoms with E-state index in [2.05, 4.69) is 23.4 Å². The van der Waals surface area contributed by atoms with Gasteiger partial charge in [0.05, 0.1) is 6.54 Å². The zero-order valence-electron chi connectivity index (χ0n) is 9.02. The second-order valence-corrected chi connectivity index (χ2v) is 4.24. The van der Waals surface area contributed by atoms with Crippen molar-refractivity contribution in [2.75, 3.05) is 0 Å². The van der Waals surface area contributed by atoms with Crippen LogP contribution in [0.4, 0.5) is 0 Å². The Hall–Kier alpha value is -1.61. The van der Waals surface area contributed by atoms with Crippen molar-refractivity contribution in [3.63, 3.8) is 0 Å². The average Bonchev–Trinajstić information content (AvgIpc) is 3.07. The van der Waals surface area contributed by atoms with Crippen LogP contribution in [0.3, 0.4) is 0 Å². The second kappa shape index (κ2) is 3.76. The highest BCUT2D eigenvalue weighted by Gasteiger charge is 2.26. The molecule has 2 aromatic rings. The lowest BCUT2D eigenvalue weighted by atomic mass is 10.0. The van der Waals surface area contributed by atoms with E-state index in [1.807, 2.05) is 12.1 Å². The SMILES string of the molecule is NCc1cc(-c2ccccc2C2CC2)no1. The minimum atomic E-state index is 0.401. The van der Waals surface area contributed by atoms with Crippen LogP contribution in [0, 0.1) is 0 Å². The van der Waals surface area contributed by atoms with Crippen LogP contribution in [0.1, 0.15) is 30.1 Å². The van der Waals surface area contributed by atoms with Crippen LogP contribution in [0.15, 0.2) is 34.9 Å². The molecule has 16 heavy (non-hydrogen) atoms. The van der Waals surface area contributed by atoms with E-state index in [4.69, 9.17) is 10.3 Å². The van der Waals surface area contributed by atoms with Gasteiger partial charge in [0.25, 0.3) is 0 Å². The van der Waals surface area contributed by atoms with Gasteiger partial charge in [0.2, 0.25) is 0 Å². The van der Waals surface area contributed by atoms with Crippen molar-refractivity contribution in [2.24, 2.45) is 5.73 Å². The Labute approximate surface area is 94.2 Å². The fraction of sp³-hybridized carbons (Fsp3) is 0.308. The molecule has 0 spiro atoms. The highest BCUT2D eigenvalue weighted by molar-refractivity contribution is 5.65. The number of hydrogen-bond acceptors (Lipinski definition) is 3. The first-order valence-electron chi connectivity index (χ1n) is 5.63. The molecule has 0 unspecified atom stereocenters. The monoisotopic (exact) mass is 214 g/mol. The van der Waals surface area contributed by atoms with Gasteiger partial charge < -0.3 is 10.3 Å². The molecule has 1 aromatic carbocycles. The van der Waals surface area contributed by atoms with Crippen LogP contribution in [0.5, 0.6) is 0 Å². The van der Waals surface area contributed by atoms with E-state index in [0.29, 0.717) is 12.5 Å². The zero-order chi connectivity index (χ0) is 11.0. The summed E-state index contributed by atoms with van der Waals surface area (Å²) in [6.45, 7) is 0.401. The third-order valence-electron chi connectivity index (χ3n) is 3.01. The number of nitrogens with zero attached hydrogens (tertiary/aromatic N) is 1. The summed E-state index contributed by atoms with van der Waals surface area (Å²) in [5, 5.41) is 4.07. The summed E-state index contributed by atoms with van der Waals surface area (Å²) in [5.74, 6) is 1.45. The third kappa shape index (κ3) is 1.63. The first-order chi connectivity index (χ1) is 7.88. The Balaban J connectivity index is 2.04. The van der Waals surface area contributed by atoms with Crippen LogP contribution in [0.2, 0.25) is 0 Å². The Morgan fingerprint density at radius 2 is 2.12 bits per heavy atom. The molecule has 3 rings (SSSR count). The predicted molar refractivity (Wildman–Crippen MR) is 61.8 cm³/mol. The highest BCUT2D eigenvalue weighted by atomic mass is 16.5. The van der Waals surface area contributed by atoms with Gasteiger partial charge in [-0.15, -0.1) is 0 Å². The quantitative estimate of drug-likeness (QED) is 0.854. The second-order valence-electron chi connectivity index (χ2n) is 4.24. The molecule has 3 heteroatoms. The van der Waals surface area contributed by atoms with Crippen molar-refractivity contribution in [2.45, 2.75) is 25.3 Å². The van der Waals surface area contributed by atoms with Gasteiger partial charge >= 0.3 is 0 Å². The van der Waals surface area contributed by atoms with Crippen molar-refractivity contribution in [3.8, 4) is 11.3 Å². The zero-order valence-corrected chi connectivity index (χ0v) is 9.02. The Bertz CT molecular complexity index is 500. The van der Waals surface area contributed by atoms with Gasteiger partial charge in [-0.2, -0.15) is 0 Å². The van der Waals surface area contributed by atoms with E-state index in [0.717, 1.165) is 11.5 Å². The summed E-state index contributed by atoms with van der Waals surface area (Å²) < 4.78 is 5.15. The molecule has 1 saturated carbocycles. The minimum Gasteiger partial charge on any atom is -0.359 e. The molecule has 1 aliphatic carbocycles. The Morgan fingerprint density at radius 3 is 2.81 bits per heavy atom. The average molecular weight is 214 g/mol. The molecule has 0 amide bonds. The lowest BCUT2D eigenvalue weighted by Gasteiger charge is -2.04. The Kier molecular flexibility index (Phi) is 2.26. The van der Waals surface area contributed by atoms with Gasteiger partial charge in [0.1, 0.15) is 5.69 Å². The van der Waals surface area contributed by atoms with E-state index < -0.39 is 0 Å². The van der Waals surface area contributed by atoms with Crippen LogP contribution in [-0.2, 0) is 6.54 Å². The van der Waals surface area contributed by atoms with Crippen molar-refractivity contribution in [3.05, 3.63) is 41.7 Å². The molecule has 1 fully saturated rings. The number of hydrogen-bond donors (Lipinski definition) is 1. The summed E-state index contributed by atoms with van der Waals surface area (Å²) in [5.41, 5.74) is 9.00. The lowest BCUT2D eigenvalue weighted by Crippen LogP contribution is -1.92. The maximum Gasteiger partial charge on any atom is 0.150 e. The maximum atomic E-state index is 5.52. The van der Waals surface area contributed by atoms with E-state index in [1.165, 1.54) is 24.0 Å². The van der Waals surface area contributed by atoms with Crippen LogP contribution < -0.4 is 5.73 Å². The van der Waals surface area contributed by atoms with E-state index in [1.54, 1.807) is 0 Å². The van der Waals surface area contributed by atoms with Gasteiger partial charge in [0.15, 0.2) is 5.76 Å². The molecule has 2 N–H and O–H groups in total. The van der Waals surface area contributed by atoms with Gasteiger partial charge in [-0.1, -0.05) is 29.4 Å². The normalized spacial score (nSPS) is 15.3. The van der Waals surface area contributed by atoms with E-state index in [9.17, 15) is 0 Å². The van der Waals surface area contributed by atoms with Gasteiger partial charge in [-0.3, -0.25) is 0 Å². The maximum absolute atomic E-state index is 5.52. The number of benzene rings is 1. The van der Waals surface area contributed by atoms with E-state index >= 15 is 0 Å². The van der Waals surface area contributed by atoms with Gasteiger partial charge in [-0.05, 0) is 24.3 Å². The van der Waals surface area contributed by atoms with Crippen molar-refractivity contribution in [1.29, 1.82) is 0 Å². The highest BCUT2D eigenvalue weighted by Crippen LogP contribution is 2.44. The minimum absolute atomic E-state index is 0.401. The van der Waals surface area contributed by atoms with Crippen LogP contribution in [-0.4, -0.2) is 5.16 Å². The third-order valence-corrected chi connectivity index (χ3v) is 3.01. The summed E-state index contributed by atoms with van der Waals surface area (Å²) in [6.07, 6.45) is 2.58. The molecule has 1 aliphatic rings. The summed E-state index contributed by atoms with van der Waals surface area (Å²) in [4.78, 5) is 0. The van der Waals surface area contributed by atoms with E-state index in [-0.39, 0.29) is 0 Å². The van der Waals surface area contributed by atoms with Gasteiger partial charge in [-0.25, -0.2) is 0 Å². The first kappa shape index (κ1) is 9.60. The molecule has 0 bridgehead atoms. The molecule has 1 heterocycles. The molecular weight excluding hydrogens is 200 g/mol. The van der Waals surface area contributed by atoms with Crippen molar-refractivity contribution < 1.29 is 4.52 Å². The topological polar surface area (TPSA) is 52.0 Å².